The molecule has 1 aliphatic rings. The zero-order chi connectivity index (χ0) is 19.6. The minimum absolute atomic E-state index is 0.0370. The number of hydrogen-bond acceptors (Lipinski definition) is 5. The first-order valence-electron chi connectivity index (χ1n) is 8.51. The fraction of sp³-hybridized carbons (Fsp3) is 0.333. The molecule has 8 nitrogen and oxygen atoms in total. The van der Waals surface area contributed by atoms with Crippen molar-refractivity contribution in [2.24, 2.45) is 5.92 Å². The Balaban J connectivity index is 1.86. The van der Waals surface area contributed by atoms with E-state index in [4.69, 9.17) is 5.11 Å². The molecule has 0 spiro atoms. The number of rotatable bonds is 5. The van der Waals surface area contributed by atoms with Gasteiger partial charge in [-0.3, -0.25) is 4.79 Å². The number of sulfonamides is 1. The highest BCUT2D eigenvalue weighted by atomic mass is 32.2. The average molecular weight is 392 g/mol. The first kappa shape index (κ1) is 19.3. The summed E-state index contributed by atoms with van der Waals surface area (Å²) < 4.78 is 27.0. The molecule has 1 unspecified atom stereocenters. The lowest BCUT2D eigenvalue weighted by atomic mass is 10.0. The predicted octanol–water partition coefficient (Wildman–Crippen LogP) is 1.13. The molecule has 1 aliphatic heterocycles. The number of aromatic nitrogens is 1. The van der Waals surface area contributed by atoms with E-state index >= 15 is 0 Å². The fourth-order valence-electron chi connectivity index (χ4n) is 3.16. The quantitative estimate of drug-likeness (QED) is 0.700. The standard InChI is InChI=1S/C18H20N2O6S/c21-11-12-2-1-9-20(10-12)27(25,26)14-5-3-13(4-6-14)16-8-7-15(18(23)24)17(22)19-16/h3-8,12,21H,1-2,9-11H2,(H,19,22)(H,23,24). The number of benzene rings is 1. The summed E-state index contributed by atoms with van der Waals surface area (Å²) in [5.74, 6) is -1.36. The zero-order valence-electron chi connectivity index (χ0n) is 14.5. The van der Waals surface area contributed by atoms with E-state index in [1.54, 1.807) is 12.1 Å². The highest BCUT2D eigenvalue weighted by Crippen LogP contribution is 2.25. The number of aromatic amines is 1. The molecule has 0 amide bonds. The van der Waals surface area contributed by atoms with E-state index in [-0.39, 0.29) is 23.0 Å². The molecule has 1 atom stereocenters. The molecule has 0 radical (unpaired) electrons. The van der Waals surface area contributed by atoms with Gasteiger partial charge < -0.3 is 15.2 Å². The molecule has 2 aromatic rings. The van der Waals surface area contributed by atoms with Crippen LogP contribution in [0.15, 0.2) is 46.1 Å². The average Bonchev–Trinajstić information content (AvgIpc) is 2.67. The molecule has 1 fully saturated rings. The summed E-state index contributed by atoms with van der Waals surface area (Å²) in [5, 5.41) is 18.2. The molecule has 2 heterocycles. The molecule has 0 saturated carbocycles. The number of H-pyrrole nitrogens is 1. The second-order valence-corrected chi connectivity index (χ2v) is 8.44. The number of aromatic carboxylic acids is 1. The summed E-state index contributed by atoms with van der Waals surface area (Å²) in [7, 11) is -3.66. The van der Waals surface area contributed by atoms with Crippen molar-refractivity contribution < 1.29 is 23.4 Å². The number of hydrogen-bond donors (Lipinski definition) is 3. The van der Waals surface area contributed by atoms with E-state index in [1.165, 1.54) is 28.6 Å². The number of nitrogens with one attached hydrogen (secondary N) is 1. The van der Waals surface area contributed by atoms with Gasteiger partial charge in [0.05, 0.1) is 4.90 Å². The van der Waals surface area contributed by atoms with Gasteiger partial charge in [-0.1, -0.05) is 12.1 Å². The first-order valence-corrected chi connectivity index (χ1v) is 9.95. The largest absolute Gasteiger partial charge is 0.477 e. The lowest BCUT2D eigenvalue weighted by Crippen LogP contribution is -2.40. The number of nitrogens with zero attached hydrogens (tertiary/aromatic N) is 1. The molecule has 27 heavy (non-hydrogen) atoms. The summed E-state index contributed by atoms with van der Waals surface area (Å²) in [6, 6.07) is 8.71. The van der Waals surface area contributed by atoms with E-state index < -0.39 is 21.6 Å². The van der Waals surface area contributed by atoms with Crippen molar-refractivity contribution in [1.29, 1.82) is 0 Å². The monoisotopic (exact) mass is 392 g/mol. The molecular weight excluding hydrogens is 372 g/mol. The van der Waals surface area contributed by atoms with Crippen LogP contribution in [-0.2, 0) is 10.0 Å². The highest BCUT2D eigenvalue weighted by Gasteiger charge is 2.29. The highest BCUT2D eigenvalue weighted by molar-refractivity contribution is 7.89. The number of aliphatic hydroxyl groups is 1. The van der Waals surface area contributed by atoms with Gasteiger partial charge in [0, 0.05) is 25.4 Å². The van der Waals surface area contributed by atoms with E-state index in [2.05, 4.69) is 4.98 Å². The number of carboxylic acid groups (broad SMARTS) is 1. The Bertz CT molecular complexity index is 997. The summed E-state index contributed by atoms with van der Waals surface area (Å²) in [6.07, 6.45) is 1.51. The van der Waals surface area contributed by atoms with Gasteiger partial charge >= 0.3 is 5.97 Å². The van der Waals surface area contributed by atoms with Crippen molar-refractivity contribution in [2.45, 2.75) is 17.7 Å². The van der Waals surface area contributed by atoms with Crippen LogP contribution >= 0.6 is 0 Å². The number of piperidine rings is 1. The topological polar surface area (TPSA) is 128 Å². The third-order valence-corrected chi connectivity index (χ3v) is 6.56. The second-order valence-electron chi connectivity index (χ2n) is 6.50. The summed E-state index contributed by atoms with van der Waals surface area (Å²) in [4.78, 5) is 25.3. The molecule has 3 rings (SSSR count). The Hall–Kier alpha value is -2.49. The summed E-state index contributed by atoms with van der Waals surface area (Å²) >= 11 is 0. The van der Waals surface area contributed by atoms with Crippen LogP contribution in [0.25, 0.3) is 11.3 Å². The molecule has 144 valence electrons. The predicted molar refractivity (Wildman–Crippen MR) is 98.0 cm³/mol. The van der Waals surface area contributed by atoms with Gasteiger partial charge in [0.1, 0.15) is 5.56 Å². The van der Waals surface area contributed by atoms with Gasteiger partial charge in [0.25, 0.3) is 5.56 Å². The third-order valence-electron chi connectivity index (χ3n) is 4.68. The van der Waals surface area contributed by atoms with Crippen molar-refractivity contribution in [3.8, 4) is 11.3 Å². The van der Waals surface area contributed by atoms with Gasteiger partial charge in [-0.05, 0) is 48.6 Å². The van der Waals surface area contributed by atoms with Crippen LogP contribution in [0.1, 0.15) is 23.2 Å². The van der Waals surface area contributed by atoms with Crippen LogP contribution in [0.4, 0.5) is 0 Å². The number of carbonyl (C=O) groups is 1. The maximum Gasteiger partial charge on any atom is 0.341 e. The van der Waals surface area contributed by atoms with Crippen molar-refractivity contribution >= 4 is 16.0 Å². The number of carboxylic acids is 1. The van der Waals surface area contributed by atoms with Crippen LogP contribution in [-0.4, -0.2) is 53.6 Å². The normalized spacial score (nSPS) is 18.3. The second kappa shape index (κ2) is 7.63. The Morgan fingerprint density at radius 1 is 1.19 bits per heavy atom. The molecule has 1 aromatic heterocycles. The molecule has 1 aromatic carbocycles. The molecule has 1 saturated heterocycles. The van der Waals surface area contributed by atoms with Gasteiger partial charge in [-0.25, -0.2) is 13.2 Å². The van der Waals surface area contributed by atoms with E-state index in [9.17, 15) is 23.1 Å². The van der Waals surface area contributed by atoms with Crippen LogP contribution < -0.4 is 5.56 Å². The third kappa shape index (κ3) is 3.95. The summed E-state index contributed by atoms with van der Waals surface area (Å²) in [6.45, 7) is 0.680. The first-order chi connectivity index (χ1) is 12.8. The van der Waals surface area contributed by atoms with Gasteiger partial charge in [-0.2, -0.15) is 4.31 Å². The maximum absolute atomic E-state index is 12.8. The van der Waals surface area contributed by atoms with E-state index in [1.807, 2.05) is 0 Å². The smallest absolute Gasteiger partial charge is 0.341 e. The van der Waals surface area contributed by atoms with Crippen molar-refractivity contribution in [2.75, 3.05) is 19.7 Å². The van der Waals surface area contributed by atoms with Crippen LogP contribution in [0, 0.1) is 5.92 Å². The SMILES string of the molecule is O=C(O)c1ccc(-c2ccc(S(=O)(=O)N3CCCC(CO)C3)cc2)[nH]c1=O. The van der Waals surface area contributed by atoms with Crippen molar-refractivity contribution in [3.05, 3.63) is 52.3 Å². The summed E-state index contributed by atoms with van der Waals surface area (Å²) in [5.41, 5.74) is -0.122. The molecule has 0 bridgehead atoms. The number of pyridine rings is 1. The minimum atomic E-state index is -3.66. The zero-order valence-corrected chi connectivity index (χ0v) is 15.3. The molecule has 3 N–H and O–H groups in total. The Morgan fingerprint density at radius 3 is 2.48 bits per heavy atom. The van der Waals surface area contributed by atoms with Crippen LogP contribution in [0.2, 0.25) is 0 Å². The number of aliphatic hydroxyl groups excluding tert-OH is 1. The Labute approximate surface area is 156 Å². The molecule has 0 aliphatic carbocycles. The van der Waals surface area contributed by atoms with Gasteiger partial charge in [0.2, 0.25) is 10.0 Å². The maximum atomic E-state index is 12.8. The molecular formula is C18H20N2O6S. The van der Waals surface area contributed by atoms with Crippen LogP contribution in [0.5, 0.6) is 0 Å². The van der Waals surface area contributed by atoms with Crippen molar-refractivity contribution in [1.82, 2.24) is 9.29 Å². The Morgan fingerprint density at radius 2 is 1.89 bits per heavy atom. The lowest BCUT2D eigenvalue weighted by Gasteiger charge is -2.30. The Kier molecular flexibility index (Phi) is 5.45. The van der Waals surface area contributed by atoms with Gasteiger partial charge in [0.15, 0.2) is 0 Å². The van der Waals surface area contributed by atoms with Gasteiger partial charge in [-0.15, -0.1) is 0 Å². The van der Waals surface area contributed by atoms with Crippen LogP contribution in [0.3, 0.4) is 0 Å². The lowest BCUT2D eigenvalue weighted by molar-refractivity contribution is 0.0695. The molecule has 9 heteroatoms. The van der Waals surface area contributed by atoms with E-state index in [0.29, 0.717) is 30.8 Å². The van der Waals surface area contributed by atoms with E-state index in [0.717, 1.165) is 6.42 Å². The minimum Gasteiger partial charge on any atom is -0.477 e. The fourth-order valence-corrected chi connectivity index (χ4v) is 4.71. The van der Waals surface area contributed by atoms with Crippen molar-refractivity contribution in [3.63, 3.8) is 0 Å².